The van der Waals surface area contributed by atoms with E-state index < -0.39 is 0 Å². The minimum absolute atomic E-state index is 0.117. The number of anilines is 2. The topological polar surface area (TPSA) is 103 Å². The number of fused-ring (bicyclic) bond motifs is 1. The number of morpholine rings is 1. The van der Waals surface area contributed by atoms with Crippen LogP contribution in [0.5, 0.6) is 0 Å². The van der Waals surface area contributed by atoms with Crippen LogP contribution in [0, 0.1) is 13.8 Å². The molecule has 47 heavy (non-hydrogen) atoms. The number of nitrogens with one attached hydrogen (secondary N) is 2. The smallest absolute Gasteiger partial charge is 0.253 e. The van der Waals surface area contributed by atoms with E-state index in [4.69, 9.17) is 14.5 Å². The van der Waals surface area contributed by atoms with Crippen molar-refractivity contribution in [3.63, 3.8) is 0 Å². The third-order valence-electron chi connectivity index (χ3n) is 10.2. The summed E-state index contributed by atoms with van der Waals surface area (Å²) >= 11 is 0. The summed E-state index contributed by atoms with van der Waals surface area (Å²) in [7, 11) is 0. The number of hydrogen-bond acceptors (Lipinski definition) is 8. The van der Waals surface area contributed by atoms with Crippen molar-refractivity contribution < 1.29 is 14.3 Å². The van der Waals surface area contributed by atoms with Gasteiger partial charge in [0.05, 0.1) is 13.2 Å². The first-order chi connectivity index (χ1) is 22.7. The molecule has 2 N–H and O–H groups in total. The van der Waals surface area contributed by atoms with E-state index in [0.29, 0.717) is 36.4 Å². The molecular formula is C37H50N6O4. The van der Waals surface area contributed by atoms with Gasteiger partial charge in [0.1, 0.15) is 5.82 Å². The molecule has 3 aliphatic heterocycles. The van der Waals surface area contributed by atoms with Gasteiger partial charge in [-0.25, -0.2) is 4.98 Å². The second kappa shape index (κ2) is 14.6. The molecule has 252 valence electrons. The maximum atomic E-state index is 14.1. The standard InChI is InChI=1S/C37H50N6O4/c1-6-43(29-10-15-46-16-11-29)34-20-28(27-7-8-35(38-21-27)41-13-17-47-18-14-41)19-31(25(34)4)36(44)39-22-32-30-9-12-42(24(2)3)23-33(30)26(5)40-37(32)45/h7-8,19-21,24,29H,6,9-18,22-23H2,1-5H3,(H,39,44)(H,40,45). The van der Waals surface area contributed by atoms with Gasteiger partial charge in [0, 0.05) is 98.8 Å². The number of H-pyrrole nitrogens is 1. The molecule has 0 atom stereocenters. The van der Waals surface area contributed by atoms with Gasteiger partial charge in [-0.3, -0.25) is 14.5 Å². The van der Waals surface area contributed by atoms with Gasteiger partial charge in [0.25, 0.3) is 11.5 Å². The zero-order valence-electron chi connectivity index (χ0n) is 28.7. The molecular weight excluding hydrogens is 592 g/mol. The minimum atomic E-state index is -0.181. The molecule has 2 aromatic heterocycles. The number of ether oxygens (including phenoxy) is 2. The average molecular weight is 643 g/mol. The number of nitrogens with zero attached hydrogens (tertiary/aromatic N) is 4. The first-order valence-electron chi connectivity index (χ1n) is 17.3. The van der Waals surface area contributed by atoms with Crippen LogP contribution in [0.25, 0.3) is 11.1 Å². The molecule has 6 rings (SSSR count). The summed E-state index contributed by atoms with van der Waals surface area (Å²) < 4.78 is 11.2. The number of amides is 1. The third kappa shape index (κ3) is 7.10. The molecule has 0 bridgehead atoms. The Bertz CT molecular complexity index is 1620. The number of carbonyl (C=O) groups is 1. The predicted molar refractivity (Wildman–Crippen MR) is 187 cm³/mol. The molecule has 3 aromatic rings. The predicted octanol–water partition coefficient (Wildman–Crippen LogP) is 4.59. The highest BCUT2D eigenvalue weighted by Gasteiger charge is 2.27. The molecule has 0 aliphatic carbocycles. The van der Waals surface area contributed by atoms with Crippen molar-refractivity contribution >= 4 is 17.4 Å². The summed E-state index contributed by atoms with van der Waals surface area (Å²) in [5.74, 6) is 0.753. The van der Waals surface area contributed by atoms with Crippen LogP contribution in [0.4, 0.5) is 11.5 Å². The summed E-state index contributed by atoms with van der Waals surface area (Å²) in [5, 5.41) is 3.15. The van der Waals surface area contributed by atoms with Gasteiger partial charge in [0.15, 0.2) is 0 Å². The largest absolute Gasteiger partial charge is 0.381 e. The first kappa shape index (κ1) is 33.2. The van der Waals surface area contributed by atoms with Gasteiger partial charge in [-0.2, -0.15) is 0 Å². The van der Waals surface area contributed by atoms with E-state index in [2.05, 4.69) is 64.0 Å². The Labute approximate surface area is 278 Å². The molecule has 3 aliphatic rings. The second-order valence-corrected chi connectivity index (χ2v) is 13.3. The molecule has 2 saturated heterocycles. The Hall–Kier alpha value is -3.73. The Morgan fingerprint density at radius 1 is 1.04 bits per heavy atom. The van der Waals surface area contributed by atoms with Gasteiger partial charge < -0.3 is 29.6 Å². The lowest BCUT2D eigenvalue weighted by molar-refractivity contribution is 0.0846. The number of benzene rings is 1. The summed E-state index contributed by atoms with van der Waals surface area (Å²) in [4.78, 5) is 42.3. The molecule has 0 radical (unpaired) electrons. The van der Waals surface area contributed by atoms with Crippen LogP contribution in [0.2, 0.25) is 0 Å². The number of aromatic nitrogens is 2. The maximum absolute atomic E-state index is 14.1. The van der Waals surface area contributed by atoms with Crippen molar-refractivity contribution in [1.29, 1.82) is 0 Å². The number of pyridine rings is 2. The van der Waals surface area contributed by atoms with Crippen LogP contribution in [0.15, 0.2) is 35.3 Å². The van der Waals surface area contributed by atoms with Gasteiger partial charge in [-0.05, 0) is 100 Å². The molecule has 0 saturated carbocycles. The molecule has 0 spiro atoms. The Morgan fingerprint density at radius 3 is 2.47 bits per heavy atom. The quantitative estimate of drug-likeness (QED) is 0.350. The van der Waals surface area contributed by atoms with Crippen molar-refractivity contribution in [1.82, 2.24) is 20.2 Å². The van der Waals surface area contributed by atoms with Crippen LogP contribution in [-0.4, -0.2) is 85.5 Å². The highest BCUT2D eigenvalue weighted by Crippen LogP contribution is 2.34. The van der Waals surface area contributed by atoms with Gasteiger partial charge in [-0.1, -0.05) is 0 Å². The van der Waals surface area contributed by atoms with E-state index in [1.165, 1.54) is 5.56 Å². The van der Waals surface area contributed by atoms with E-state index in [1.54, 1.807) is 0 Å². The lowest BCUT2D eigenvalue weighted by atomic mass is 9.93. The summed E-state index contributed by atoms with van der Waals surface area (Å²) in [6.45, 7) is 17.8. The molecule has 1 amide bonds. The first-order valence-corrected chi connectivity index (χ1v) is 17.3. The zero-order valence-corrected chi connectivity index (χ0v) is 28.7. The number of carbonyl (C=O) groups excluding carboxylic acids is 1. The molecule has 1 aromatic carbocycles. The van der Waals surface area contributed by atoms with E-state index in [-0.39, 0.29) is 18.0 Å². The van der Waals surface area contributed by atoms with Crippen molar-refractivity contribution in [3.05, 3.63) is 74.3 Å². The number of aryl methyl sites for hydroxylation is 1. The number of aromatic amines is 1. The van der Waals surface area contributed by atoms with Gasteiger partial charge >= 0.3 is 0 Å². The number of rotatable bonds is 9. The van der Waals surface area contributed by atoms with Crippen molar-refractivity contribution in [2.45, 2.75) is 79.1 Å². The summed E-state index contributed by atoms with van der Waals surface area (Å²) in [6, 6.07) is 9.10. The molecule has 10 nitrogen and oxygen atoms in total. The van der Waals surface area contributed by atoms with Gasteiger partial charge in [0.2, 0.25) is 0 Å². The Kier molecular flexibility index (Phi) is 10.3. The number of hydrogen-bond donors (Lipinski definition) is 2. The lowest BCUT2D eigenvalue weighted by Crippen LogP contribution is -2.40. The summed E-state index contributed by atoms with van der Waals surface area (Å²) in [5.41, 5.74) is 8.23. The Morgan fingerprint density at radius 2 is 1.79 bits per heavy atom. The van der Waals surface area contributed by atoms with Crippen molar-refractivity contribution in [2.75, 3.05) is 62.4 Å². The van der Waals surface area contributed by atoms with Crippen molar-refractivity contribution in [3.8, 4) is 11.1 Å². The van der Waals surface area contributed by atoms with E-state index >= 15 is 0 Å². The highest BCUT2D eigenvalue weighted by molar-refractivity contribution is 5.99. The fourth-order valence-corrected chi connectivity index (χ4v) is 7.37. The van der Waals surface area contributed by atoms with E-state index in [0.717, 1.165) is 105 Å². The highest BCUT2D eigenvalue weighted by atomic mass is 16.5. The lowest BCUT2D eigenvalue weighted by Gasteiger charge is -2.37. The molecule has 10 heteroatoms. The Balaban J connectivity index is 1.32. The maximum Gasteiger partial charge on any atom is 0.253 e. The van der Waals surface area contributed by atoms with Crippen LogP contribution in [-0.2, 0) is 29.0 Å². The minimum Gasteiger partial charge on any atom is -0.381 e. The van der Waals surface area contributed by atoms with Crippen LogP contribution >= 0.6 is 0 Å². The van der Waals surface area contributed by atoms with Gasteiger partial charge in [-0.15, -0.1) is 0 Å². The fraction of sp³-hybridized carbons (Fsp3) is 0.541. The average Bonchev–Trinajstić information content (AvgIpc) is 3.10. The van der Waals surface area contributed by atoms with E-state index in [1.807, 2.05) is 26.1 Å². The SMILES string of the molecule is CCN(c1cc(-c2ccc(N3CCOCC3)nc2)cc(C(=O)NCc2c3c(c(C)[nH]c2=O)CN(C(C)C)CC3)c1C)C1CCOCC1. The summed E-state index contributed by atoms with van der Waals surface area (Å²) in [6.07, 6.45) is 4.60. The molecule has 0 unspecified atom stereocenters. The van der Waals surface area contributed by atoms with Crippen LogP contribution in [0.3, 0.4) is 0 Å². The third-order valence-corrected chi connectivity index (χ3v) is 10.2. The fourth-order valence-electron chi connectivity index (χ4n) is 7.37. The van der Waals surface area contributed by atoms with Crippen LogP contribution < -0.4 is 20.7 Å². The van der Waals surface area contributed by atoms with Crippen LogP contribution in [0.1, 0.15) is 71.9 Å². The second-order valence-electron chi connectivity index (χ2n) is 13.3. The zero-order chi connectivity index (χ0) is 33.1. The van der Waals surface area contributed by atoms with E-state index in [9.17, 15) is 9.59 Å². The molecule has 5 heterocycles. The monoisotopic (exact) mass is 642 g/mol. The normalized spacial score (nSPS) is 17.5. The molecule has 2 fully saturated rings. The van der Waals surface area contributed by atoms with Crippen molar-refractivity contribution in [2.24, 2.45) is 0 Å².